The first-order valence-electron chi connectivity index (χ1n) is 10.4. The lowest BCUT2D eigenvalue weighted by atomic mass is 10.1. The molecule has 0 bridgehead atoms. The molecule has 2 aromatic carbocycles. The third kappa shape index (κ3) is 4.42. The van der Waals surface area contributed by atoms with Crippen LogP contribution in [0.25, 0.3) is 16.4 Å². The van der Waals surface area contributed by atoms with Crippen LogP contribution in [0.1, 0.15) is 28.8 Å². The van der Waals surface area contributed by atoms with Crippen molar-refractivity contribution < 1.29 is 9.53 Å². The number of hydrogen-bond donors (Lipinski definition) is 1. The second kappa shape index (κ2) is 9.18. The molecule has 32 heavy (non-hydrogen) atoms. The number of thioether (sulfide) groups is 1. The van der Waals surface area contributed by atoms with Gasteiger partial charge >= 0.3 is 0 Å². The zero-order valence-electron chi connectivity index (χ0n) is 17.5. The molecule has 0 spiro atoms. The lowest BCUT2D eigenvalue weighted by molar-refractivity contribution is 0.0950. The molecule has 4 aromatic rings. The minimum Gasteiger partial charge on any atom is -0.497 e. The number of nitrogens with one attached hydrogen (secondary N) is 1. The minimum atomic E-state index is -0.000374. The normalized spacial score (nSPS) is 13.2. The zero-order valence-corrected chi connectivity index (χ0v) is 19.2. The van der Waals surface area contributed by atoms with Crippen LogP contribution < -0.4 is 10.1 Å². The average Bonchev–Trinajstić information content (AvgIpc) is 3.30. The molecule has 0 atom stereocenters. The van der Waals surface area contributed by atoms with E-state index >= 15 is 0 Å². The second-order valence-electron chi connectivity index (χ2n) is 7.51. The van der Waals surface area contributed by atoms with Crippen LogP contribution in [0.15, 0.2) is 71.2 Å². The van der Waals surface area contributed by atoms with E-state index in [2.05, 4.69) is 20.1 Å². The van der Waals surface area contributed by atoms with Crippen molar-refractivity contribution >= 4 is 29.0 Å². The topological polar surface area (TPSA) is 69.0 Å². The van der Waals surface area contributed by atoms with Gasteiger partial charge in [-0.1, -0.05) is 36.0 Å². The highest BCUT2D eigenvalue weighted by Crippen LogP contribution is 2.33. The van der Waals surface area contributed by atoms with Crippen LogP contribution in [-0.2, 0) is 5.75 Å². The van der Waals surface area contributed by atoms with Gasteiger partial charge in [-0.15, -0.1) is 21.5 Å². The summed E-state index contributed by atoms with van der Waals surface area (Å²) in [6.45, 7) is 0. The van der Waals surface area contributed by atoms with Gasteiger partial charge in [-0.05, 0) is 60.2 Å². The summed E-state index contributed by atoms with van der Waals surface area (Å²) < 4.78 is 7.37. The predicted octanol–water partition coefficient (Wildman–Crippen LogP) is 5.19. The molecule has 6 nitrogen and oxygen atoms in total. The Morgan fingerprint density at radius 3 is 2.66 bits per heavy atom. The van der Waals surface area contributed by atoms with Crippen molar-refractivity contribution in [3.05, 3.63) is 77.2 Å². The third-order valence-electron chi connectivity index (χ3n) is 5.24. The molecule has 2 aromatic heterocycles. The molecule has 0 unspecified atom stereocenters. The lowest BCUT2D eigenvalue weighted by Crippen LogP contribution is -2.26. The molecule has 1 amide bonds. The van der Waals surface area contributed by atoms with Gasteiger partial charge in [-0.2, -0.15) is 0 Å². The van der Waals surface area contributed by atoms with E-state index in [-0.39, 0.29) is 5.91 Å². The van der Waals surface area contributed by atoms with Gasteiger partial charge in [0.15, 0.2) is 11.0 Å². The van der Waals surface area contributed by atoms with E-state index in [1.165, 1.54) is 0 Å². The SMILES string of the molecule is COc1ccc(-n2c(SCc3ccccc3C(=O)NC3CC3)nnc2-c2cccs2)cc1. The summed E-state index contributed by atoms with van der Waals surface area (Å²) in [5.41, 5.74) is 2.67. The molecule has 2 heterocycles. The third-order valence-corrected chi connectivity index (χ3v) is 7.08. The van der Waals surface area contributed by atoms with Crippen LogP contribution in [0.5, 0.6) is 5.75 Å². The van der Waals surface area contributed by atoms with Gasteiger partial charge in [-0.3, -0.25) is 9.36 Å². The first-order valence-corrected chi connectivity index (χ1v) is 12.2. The zero-order chi connectivity index (χ0) is 21.9. The van der Waals surface area contributed by atoms with Crippen molar-refractivity contribution in [2.45, 2.75) is 29.8 Å². The van der Waals surface area contributed by atoms with E-state index < -0.39 is 0 Å². The smallest absolute Gasteiger partial charge is 0.251 e. The summed E-state index contributed by atoms with van der Waals surface area (Å²) in [6, 6.07) is 20.0. The highest BCUT2D eigenvalue weighted by molar-refractivity contribution is 7.98. The molecule has 5 rings (SSSR count). The number of rotatable bonds is 8. The van der Waals surface area contributed by atoms with E-state index in [0.717, 1.165) is 51.3 Å². The number of nitrogens with zero attached hydrogens (tertiary/aromatic N) is 3. The predicted molar refractivity (Wildman–Crippen MR) is 128 cm³/mol. The van der Waals surface area contributed by atoms with Gasteiger partial charge in [0.25, 0.3) is 5.91 Å². The minimum absolute atomic E-state index is 0.000374. The van der Waals surface area contributed by atoms with Gasteiger partial charge in [-0.25, -0.2) is 0 Å². The molecular weight excluding hydrogens is 440 g/mol. The summed E-state index contributed by atoms with van der Waals surface area (Å²) in [5, 5.41) is 14.9. The molecule has 0 saturated heterocycles. The number of carbonyl (C=O) groups excluding carboxylic acids is 1. The van der Waals surface area contributed by atoms with E-state index in [4.69, 9.17) is 4.74 Å². The Morgan fingerprint density at radius 2 is 1.94 bits per heavy atom. The Bertz CT molecular complexity index is 1220. The van der Waals surface area contributed by atoms with Crippen molar-refractivity contribution in [3.63, 3.8) is 0 Å². The Labute approximate surface area is 194 Å². The Morgan fingerprint density at radius 1 is 1.12 bits per heavy atom. The van der Waals surface area contributed by atoms with Crippen LogP contribution in [0.3, 0.4) is 0 Å². The largest absolute Gasteiger partial charge is 0.497 e. The van der Waals surface area contributed by atoms with Gasteiger partial charge < -0.3 is 10.1 Å². The standard InChI is InChI=1S/C24H22N4O2S2/c1-30-19-12-10-18(11-13-19)28-22(21-7-4-14-31-21)26-27-24(28)32-15-16-5-2-3-6-20(16)23(29)25-17-8-9-17/h2-7,10-14,17H,8-9,15H2,1H3,(H,25,29). The van der Waals surface area contributed by atoms with Gasteiger partial charge in [0.1, 0.15) is 5.75 Å². The van der Waals surface area contributed by atoms with Gasteiger partial charge in [0.2, 0.25) is 0 Å². The molecule has 1 aliphatic rings. The summed E-state index contributed by atoms with van der Waals surface area (Å²) in [7, 11) is 1.66. The summed E-state index contributed by atoms with van der Waals surface area (Å²) in [4.78, 5) is 13.7. The number of carbonyl (C=O) groups is 1. The van der Waals surface area contributed by atoms with E-state index in [0.29, 0.717) is 11.8 Å². The van der Waals surface area contributed by atoms with Crippen LogP contribution in [-0.4, -0.2) is 33.8 Å². The summed E-state index contributed by atoms with van der Waals surface area (Å²) in [5.74, 6) is 2.21. The van der Waals surface area contributed by atoms with Crippen molar-refractivity contribution in [2.75, 3.05) is 7.11 Å². The number of benzene rings is 2. The molecule has 1 N–H and O–H groups in total. The van der Waals surface area contributed by atoms with E-state index in [9.17, 15) is 4.79 Å². The van der Waals surface area contributed by atoms with Gasteiger partial charge in [0.05, 0.1) is 17.7 Å². The molecule has 162 valence electrons. The first kappa shape index (κ1) is 20.8. The molecule has 1 saturated carbocycles. The quantitative estimate of drug-likeness (QED) is 0.365. The maximum atomic E-state index is 12.7. The maximum absolute atomic E-state index is 12.7. The van der Waals surface area contributed by atoms with Crippen molar-refractivity contribution in [2.24, 2.45) is 0 Å². The van der Waals surface area contributed by atoms with Gasteiger partial charge in [0, 0.05) is 17.4 Å². The highest BCUT2D eigenvalue weighted by atomic mass is 32.2. The molecule has 0 aliphatic heterocycles. The number of amides is 1. The molecule has 1 aliphatic carbocycles. The second-order valence-corrected chi connectivity index (χ2v) is 9.40. The number of methoxy groups -OCH3 is 1. The fourth-order valence-corrected chi connectivity index (χ4v) is 5.05. The monoisotopic (exact) mass is 462 g/mol. The van der Waals surface area contributed by atoms with E-state index in [1.807, 2.05) is 66.0 Å². The number of aromatic nitrogens is 3. The van der Waals surface area contributed by atoms with E-state index in [1.54, 1.807) is 30.2 Å². The Kier molecular flexibility index (Phi) is 5.96. The summed E-state index contributed by atoms with van der Waals surface area (Å²) in [6.07, 6.45) is 2.14. The fraction of sp³-hybridized carbons (Fsp3) is 0.208. The van der Waals surface area contributed by atoms with Crippen LogP contribution >= 0.6 is 23.1 Å². The Balaban J connectivity index is 1.45. The highest BCUT2D eigenvalue weighted by Gasteiger charge is 2.25. The molecular formula is C24H22N4O2S2. The Hall–Kier alpha value is -3.10. The molecule has 0 radical (unpaired) electrons. The number of hydrogen-bond acceptors (Lipinski definition) is 6. The van der Waals surface area contributed by atoms with Crippen LogP contribution in [0, 0.1) is 0 Å². The van der Waals surface area contributed by atoms with Crippen molar-refractivity contribution in [1.29, 1.82) is 0 Å². The van der Waals surface area contributed by atoms with Crippen molar-refractivity contribution in [1.82, 2.24) is 20.1 Å². The maximum Gasteiger partial charge on any atom is 0.251 e. The molecule has 8 heteroatoms. The lowest BCUT2D eigenvalue weighted by Gasteiger charge is -2.12. The summed E-state index contributed by atoms with van der Waals surface area (Å²) >= 11 is 3.20. The van der Waals surface area contributed by atoms with Crippen molar-refractivity contribution in [3.8, 4) is 22.1 Å². The first-order chi connectivity index (χ1) is 15.7. The molecule has 1 fully saturated rings. The van der Waals surface area contributed by atoms with Crippen LogP contribution in [0.4, 0.5) is 0 Å². The number of thiophene rings is 1. The fourth-order valence-electron chi connectivity index (χ4n) is 3.39. The number of ether oxygens (including phenoxy) is 1. The average molecular weight is 463 g/mol. The van der Waals surface area contributed by atoms with Crippen LogP contribution in [0.2, 0.25) is 0 Å².